The summed E-state index contributed by atoms with van der Waals surface area (Å²) in [4.78, 5) is 0. The van der Waals surface area contributed by atoms with Gasteiger partial charge in [0.2, 0.25) is 0 Å². The highest BCUT2D eigenvalue weighted by Gasteiger charge is 2.37. The van der Waals surface area contributed by atoms with Gasteiger partial charge in [-0.15, -0.1) is 0 Å². The molecular weight excluding hydrogens is 323 g/mol. The van der Waals surface area contributed by atoms with Crippen LogP contribution in [-0.4, -0.2) is 0 Å². The molecule has 2 rings (SSSR count). The molecule has 0 nitrogen and oxygen atoms in total. The summed E-state index contributed by atoms with van der Waals surface area (Å²) in [5, 5.41) is 0. The predicted molar refractivity (Wildman–Crippen MR) is 84.6 cm³/mol. The van der Waals surface area contributed by atoms with Crippen molar-refractivity contribution in [2.75, 3.05) is 0 Å². The number of hydrogen-bond donors (Lipinski definition) is 0. The van der Waals surface area contributed by atoms with Crippen LogP contribution in [0.25, 0.3) is 0 Å². The maximum absolute atomic E-state index is 13.6. The van der Waals surface area contributed by atoms with Gasteiger partial charge in [0, 0.05) is 0 Å². The standard InChI is InChI=1S/C19H23F5/c1-2-3-4-13-5-7-14(8-6-13)9-10-15-11-16(20)18(17(21)12-15)19(22,23)24/h2-3,11-14H,4-10H2,1H3. The van der Waals surface area contributed by atoms with Gasteiger partial charge in [-0.05, 0) is 68.6 Å². The molecule has 1 fully saturated rings. The van der Waals surface area contributed by atoms with Crippen LogP contribution < -0.4 is 0 Å². The molecule has 134 valence electrons. The van der Waals surface area contributed by atoms with Crippen LogP contribution in [0, 0.1) is 23.5 Å². The first-order valence-corrected chi connectivity index (χ1v) is 8.47. The van der Waals surface area contributed by atoms with Gasteiger partial charge >= 0.3 is 6.18 Å². The van der Waals surface area contributed by atoms with E-state index < -0.39 is 23.4 Å². The van der Waals surface area contributed by atoms with Gasteiger partial charge in [0.25, 0.3) is 0 Å². The second-order valence-corrected chi connectivity index (χ2v) is 6.66. The van der Waals surface area contributed by atoms with Crippen LogP contribution in [0.2, 0.25) is 0 Å². The van der Waals surface area contributed by atoms with E-state index in [0.29, 0.717) is 23.8 Å². The normalized spacial score (nSPS) is 22.2. The molecule has 0 heterocycles. The van der Waals surface area contributed by atoms with Crippen molar-refractivity contribution in [1.82, 2.24) is 0 Å². The topological polar surface area (TPSA) is 0 Å². The fourth-order valence-electron chi connectivity index (χ4n) is 3.50. The van der Waals surface area contributed by atoms with Crippen molar-refractivity contribution in [2.45, 2.75) is 58.0 Å². The molecular formula is C19H23F5. The van der Waals surface area contributed by atoms with Gasteiger partial charge in [-0.2, -0.15) is 13.2 Å². The van der Waals surface area contributed by atoms with E-state index in [2.05, 4.69) is 12.2 Å². The van der Waals surface area contributed by atoms with Gasteiger partial charge < -0.3 is 0 Å². The number of aryl methyl sites for hydroxylation is 1. The van der Waals surface area contributed by atoms with Crippen molar-refractivity contribution in [2.24, 2.45) is 11.8 Å². The fraction of sp³-hybridized carbons (Fsp3) is 0.579. The summed E-state index contributed by atoms with van der Waals surface area (Å²) in [6.45, 7) is 2.01. The molecule has 1 aliphatic carbocycles. The Hall–Kier alpha value is -1.39. The second kappa shape index (κ2) is 8.13. The average Bonchev–Trinajstić information content (AvgIpc) is 2.50. The second-order valence-electron chi connectivity index (χ2n) is 6.66. The third kappa shape index (κ3) is 5.05. The molecule has 0 radical (unpaired) electrons. The summed E-state index contributed by atoms with van der Waals surface area (Å²) < 4.78 is 64.8. The smallest absolute Gasteiger partial charge is 0.206 e. The first-order valence-electron chi connectivity index (χ1n) is 8.47. The SMILES string of the molecule is CC=CCC1CCC(CCc2cc(F)c(C(F)(F)F)c(F)c2)CC1. The predicted octanol–water partition coefficient (Wildman–Crippen LogP) is 6.69. The third-order valence-corrected chi connectivity index (χ3v) is 4.90. The molecule has 1 aliphatic rings. The van der Waals surface area contributed by atoms with E-state index in [1.54, 1.807) is 0 Å². The fourth-order valence-corrected chi connectivity index (χ4v) is 3.50. The van der Waals surface area contributed by atoms with Gasteiger partial charge in [0.1, 0.15) is 17.2 Å². The number of benzene rings is 1. The lowest BCUT2D eigenvalue weighted by Crippen LogP contribution is -2.15. The van der Waals surface area contributed by atoms with Crippen molar-refractivity contribution < 1.29 is 22.0 Å². The molecule has 0 unspecified atom stereocenters. The third-order valence-electron chi connectivity index (χ3n) is 4.90. The zero-order chi connectivity index (χ0) is 17.7. The van der Waals surface area contributed by atoms with Crippen molar-refractivity contribution >= 4 is 0 Å². The molecule has 24 heavy (non-hydrogen) atoms. The molecule has 0 bridgehead atoms. The Morgan fingerprint density at radius 2 is 1.54 bits per heavy atom. The van der Waals surface area contributed by atoms with E-state index in [-0.39, 0.29) is 0 Å². The van der Waals surface area contributed by atoms with Crippen LogP contribution in [0.3, 0.4) is 0 Å². The lowest BCUT2D eigenvalue weighted by Gasteiger charge is -2.28. The highest BCUT2D eigenvalue weighted by atomic mass is 19.4. The molecule has 0 amide bonds. The highest BCUT2D eigenvalue weighted by molar-refractivity contribution is 5.28. The monoisotopic (exact) mass is 346 g/mol. The van der Waals surface area contributed by atoms with E-state index in [0.717, 1.165) is 50.7 Å². The summed E-state index contributed by atoms with van der Waals surface area (Å²) >= 11 is 0. The van der Waals surface area contributed by atoms with Gasteiger partial charge in [-0.25, -0.2) is 8.78 Å². The van der Waals surface area contributed by atoms with Gasteiger partial charge in [0.15, 0.2) is 0 Å². The van der Waals surface area contributed by atoms with Crippen LogP contribution in [0.15, 0.2) is 24.3 Å². The van der Waals surface area contributed by atoms with Crippen LogP contribution in [-0.2, 0) is 12.6 Å². The van der Waals surface area contributed by atoms with E-state index in [1.165, 1.54) is 0 Å². The summed E-state index contributed by atoms with van der Waals surface area (Å²) in [5.74, 6) is -1.85. The summed E-state index contributed by atoms with van der Waals surface area (Å²) in [6.07, 6.45) is 5.95. The minimum Gasteiger partial charge on any atom is -0.206 e. The molecule has 5 heteroatoms. The van der Waals surface area contributed by atoms with Crippen LogP contribution in [0.1, 0.15) is 56.6 Å². The minimum atomic E-state index is -5.00. The zero-order valence-electron chi connectivity index (χ0n) is 13.8. The number of alkyl halides is 3. The van der Waals surface area contributed by atoms with E-state index in [4.69, 9.17) is 0 Å². The summed E-state index contributed by atoms with van der Waals surface area (Å²) in [6, 6.07) is 1.65. The van der Waals surface area contributed by atoms with Crippen LogP contribution in [0.4, 0.5) is 22.0 Å². The molecule has 0 N–H and O–H groups in total. The largest absolute Gasteiger partial charge is 0.422 e. The molecule has 0 saturated heterocycles. The number of allylic oxidation sites excluding steroid dienone is 2. The van der Waals surface area contributed by atoms with Crippen LogP contribution >= 0.6 is 0 Å². The molecule has 0 aliphatic heterocycles. The molecule has 1 aromatic carbocycles. The summed E-state index contributed by atoms with van der Waals surface area (Å²) in [7, 11) is 0. The molecule has 0 atom stereocenters. The Morgan fingerprint density at radius 1 is 1.00 bits per heavy atom. The Balaban J connectivity index is 1.90. The quantitative estimate of drug-likeness (QED) is 0.411. The number of halogens is 5. The number of hydrogen-bond acceptors (Lipinski definition) is 0. The first kappa shape index (κ1) is 18.9. The maximum Gasteiger partial charge on any atom is 0.422 e. The summed E-state index contributed by atoms with van der Waals surface area (Å²) in [5.41, 5.74) is -1.50. The van der Waals surface area contributed by atoms with Crippen molar-refractivity contribution in [3.8, 4) is 0 Å². The van der Waals surface area contributed by atoms with E-state index in [1.807, 2.05) is 6.92 Å². The van der Waals surface area contributed by atoms with Crippen molar-refractivity contribution in [3.05, 3.63) is 47.0 Å². The Morgan fingerprint density at radius 3 is 2.04 bits per heavy atom. The van der Waals surface area contributed by atoms with E-state index in [9.17, 15) is 22.0 Å². The molecule has 0 aromatic heterocycles. The maximum atomic E-state index is 13.6. The zero-order valence-corrected chi connectivity index (χ0v) is 13.8. The van der Waals surface area contributed by atoms with Crippen molar-refractivity contribution in [1.29, 1.82) is 0 Å². The lowest BCUT2D eigenvalue weighted by molar-refractivity contribution is -0.142. The Bertz CT molecular complexity index is 543. The van der Waals surface area contributed by atoms with Gasteiger partial charge in [-0.3, -0.25) is 0 Å². The van der Waals surface area contributed by atoms with Crippen LogP contribution in [0.5, 0.6) is 0 Å². The average molecular weight is 346 g/mol. The van der Waals surface area contributed by atoms with Crippen molar-refractivity contribution in [3.63, 3.8) is 0 Å². The Kier molecular flexibility index (Phi) is 6.41. The van der Waals surface area contributed by atoms with E-state index >= 15 is 0 Å². The molecule has 0 spiro atoms. The highest BCUT2D eigenvalue weighted by Crippen LogP contribution is 2.36. The molecule has 1 aromatic rings. The minimum absolute atomic E-state index is 0.300. The molecule has 1 saturated carbocycles. The van der Waals surface area contributed by atoms with Gasteiger partial charge in [0.05, 0.1) is 0 Å². The van der Waals surface area contributed by atoms with Gasteiger partial charge in [-0.1, -0.05) is 25.0 Å². The number of rotatable bonds is 5. The first-order chi connectivity index (χ1) is 11.3. The lowest BCUT2D eigenvalue weighted by atomic mass is 9.78. The Labute approximate surface area is 139 Å².